The molecule has 9 heteroatoms. The van der Waals surface area contributed by atoms with E-state index >= 15 is 0 Å². The van der Waals surface area contributed by atoms with Gasteiger partial charge < -0.3 is 10.2 Å². The monoisotopic (exact) mass is 399 g/mol. The molecule has 1 fully saturated rings. The normalized spacial score (nSPS) is 15.5. The molecular formula is C19H18F5N3O. The number of carbonyl (C=O) groups excluding carboxylic acids is 1. The fourth-order valence-electron chi connectivity index (χ4n) is 3.03. The highest BCUT2D eigenvalue weighted by Gasteiger charge is 2.31. The summed E-state index contributed by atoms with van der Waals surface area (Å²) in [5.74, 6) is -1.88. The van der Waals surface area contributed by atoms with Gasteiger partial charge in [0.15, 0.2) is 0 Å². The van der Waals surface area contributed by atoms with Gasteiger partial charge in [-0.3, -0.25) is 9.69 Å². The number of halogens is 5. The molecule has 0 aromatic heterocycles. The number of anilines is 2. The summed E-state index contributed by atoms with van der Waals surface area (Å²) in [5.41, 5.74) is -0.461. The van der Waals surface area contributed by atoms with Crippen molar-refractivity contribution < 1.29 is 26.7 Å². The van der Waals surface area contributed by atoms with Gasteiger partial charge in [-0.15, -0.1) is 0 Å². The third-order valence-corrected chi connectivity index (χ3v) is 4.48. The Bertz CT molecular complexity index is 848. The molecular weight excluding hydrogens is 381 g/mol. The van der Waals surface area contributed by atoms with Gasteiger partial charge in [0.25, 0.3) is 0 Å². The van der Waals surface area contributed by atoms with Gasteiger partial charge in [-0.05, 0) is 30.3 Å². The van der Waals surface area contributed by atoms with Crippen molar-refractivity contribution in [3.63, 3.8) is 0 Å². The maximum absolute atomic E-state index is 13.6. The molecule has 0 spiro atoms. The minimum atomic E-state index is -4.40. The van der Waals surface area contributed by atoms with E-state index in [9.17, 15) is 26.7 Å². The molecule has 0 aliphatic carbocycles. The van der Waals surface area contributed by atoms with Gasteiger partial charge in [-0.25, -0.2) is 8.78 Å². The van der Waals surface area contributed by atoms with Crippen LogP contribution in [0.5, 0.6) is 0 Å². The van der Waals surface area contributed by atoms with Crippen LogP contribution in [0.4, 0.5) is 33.3 Å². The Morgan fingerprint density at radius 3 is 2.39 bits per heavy atom. The van der Waals surface area contributed by atoms with E-state index in [2.05, 4.69) is 5.32 Å². The average Bonchev–Trinajstić information content (AvgIpc) is 2.65. The molecule has 1 aliphatic rings. The van der Waals surface area contributed by atoms with E-state index in [0.29, 0.717) is 31.9 Å². The van der Waals surface area contributed by atoms with E-state index in [0.717, 1.165) is 30.3 Å². The minimum absolute atomic E-state index is 0.0214. The molecule has 1 saturated heterocycles. The number of alkyl halides is 3. The zero-order valence-electron chi connectivity index (χ0n) is 14.8. The van der Waals surface area contributed by atoms with E-state index in [1.807, 2.05) is 4.90 Å². The summed E-state index contributed by atoms with van der Waals surface area (Å²) in [5, 5.41) is 2.33. The van der Waals surface area contributed by atoms with Crippen LogP contribution in [0.15, 0.2) is 42.5 Å². The third kappa shape index (κ3) is 4.98. The fraction of sp³-hybridized carbons (Fsp3) is 0.316. The Morgan fingerprint density at radius 2 is 1.71 bits per heavy atom. The van der Waals surface area contributed by atoms with Gasteiger partial charge in [0.2, 0.25) is 5.91 Å². The highest BCUT2D eigenvalue weighted by molar-refractivity contribution is 5.92. The number of benzene rings is 2. The maximum atomic E-state index is 13.6. The van der Waals surface area contributed by atoms with Crippen molar-refractivity contribution in [1.29, 1.82) is 0 Å². The summed E-state index contributed by atoms with van der Waals surface area (Å²) in [4.78, 5) is 15.7. The molecule has 0 atom stereocenters. The van der Waals surface area contributed by atoms with Crippen LogP contribution in [0.1, 0.15) is 5.56 Å². The molecule has 0 radical (unpaired) electrons. The first-order valence-electron chi connectivity index (χ1n) is 8.62. The number of rotatable bonds is 4. The second kappa shape index (κ2) is 8.14. The quantitative estimate of drug-likeness (QED) is 0.796. The van der Waals surface area contributed by atoms with Crippen molar-refractivity contribution in [1.82, 2.24) is 4.90 Å². The van der Waals surface area contributed by atoms with Gasteiger partial charge in [-0.1, -0.05) is 6.07 Å². The molecule has 4 nitrogen and oxygen atoms in total. The first-order valence-corrected chi connectivity index (χ1v) is 8.62. The zero-order valence-corrected chi connectivity index (χ0v) is 14.8. The number of hydrogen-bond acceptors (Lipinski definition) is 3. The molecule has 150 valence electrons. The van der Waals surface area contributed by atoms with Crippen molar-refractivity contribution in [3.05, 3.63) is 59.7 Å². The summed E-state index contributed by atoms with van der Waals surface area (Å²) in [6.07, 6.45) is -4.40. The molecule has 28 heavy (non-hydrogen) atoms. The van der Waals surface area contributed by atoms with Crippen LogP contribution in [0.25, 0.3) is 0 Å². The Balaban J connectivity index is 1.54. The van der Waals surface area contributed by atoms with E-state index < -0.39 is 29.3 Å². The standard InChI is InChI=1S/C19H18F5N3O/c20-14-4-5-16(21)17(11-14)25-18(28)12-26-6-8-27(9-7-26)15-3-1-2-13(10-15)19(22,23)24/h1-5,10-11H,6-9,12H2,(H,25,28). The lowest BCUT2D eigenvalue weighted by molar-refractivity contribution is -0.137. The number of nitrogens with one attached hydrogen (secondary N) is 1. The van der Waals surface area contributed by atoms with E-state index in [1.165, 1.54) is 6.07 Å². The smallest absolute Gasteiger partial charge is 0.369 e. The van der Waals surface area contributed by atoms with Crippen molar-refractivity contribution in [2.75, 3.05) is 42.9 Å². The van der Waals surface area contributed by atoms with Crippen LogP contribution in [-0.2, 0) is 11.0 Å². The van der Waals surface area contributed by atoms with Crippen molar-refractivity contribution in [2.24, 2.45) is 0 Å². The van der Waals surface area contributed by atoms with Gasteiger partial charge in [0.05, 0.1) is 17.8 Å². The van der Waals surface area contributed by atoms with Gasteiger partial charge in [0.1, 0.15) is 11.6 Å². The molecule has 0 unspecified atom stereocenters. The van der Waals surface area contributed by atoms with Crippen LogP contribution in [0.3, 0.4) is 0 Å². The number of carbonyl (C=O) groups is 1. The number of amides is 1. The Kier molecular flexibility index (Phi) is 5.83. The highest BCUT2D eigenvalue weighted by Crippen LogP contribution is 2.31. The fourth-order valence-corrected chi connectivity index (χ4v) is 3.03. The number of hydrogen-bond donors (Lipinski definition) is 1. The van der Waals surface area contributed by atoms with Crippen LogP contribution in [0, 0.1) is 11.6 Å². The predicted octanol–water partition coefficient (Wildman–Crippen LogP) is 3.74. The zero-order chi connectivity index (χ0) is 20.3. The molecule has 1 aliphatic heterocycles. The van der Waals surface area contributed by atoms with E-state index in [-0.39, 0.29) is 12.2 Å². The SMILES string of the molecule is O=C(CN1CCN(c2cccc(C(F)(F)F)c2)CC1)Nc1cc(F)ccc1F. The number of piperazine rings is 1. The van der Waals surface area contributed by atoms with Crippen molar-refractivity contribution >= 4 is 17.3 Å². The Morgan fingerprint density at radius 1 is 1.00 bits per heavy atom. The topological polar surface area (TPSA) is 35.6 Å². The predicted molar refractivity (Wildman–Crippen MR) is 95.1 cm³/mol. The third-order valence-electron chi connectivity index (χ3n) is 4.48. The average molecular weight is 399 g/mol. The van der Waals surface area contributed by atoms with Crippen molar-refractivity contribution in [3.8, 4) is 0 Å². The van der Waals surface area contributed by atoms with Gasteiger partial charge in [0, 0.05) is 37.9 Å². The summed E-state index contributed by atoms with van der Waals surface area (Å²) in [6.45, 7) is 1.78. The van der Waals surface area contributed by atoms with Crippen LogP contribution < -0.4 is 10.2 Å². The lowest BCUT2D eigenvalue weighted by atomic mass is 10.1. The molecule has 2 aromatic rings. The number of nitrogens with zero attached hydrogens (tertiary/aromatic N) is 2. The first-order chi connectivity index (χ1) is 13.2. The van der Waals surface area contributed by atoms with Gasteiger partial charge >= 0.3 is 6.18 Å². The molecule has 2 aromatic carbocycles. The summed E-state index contributed by atoms with van der Waals surface area (Å²) < 4.78 is 65.3. The summed E-state index contributed by atoms with van der Waals surface area (Å²) >= 11 is 0. The summed E-state index contributed by atoms with van der Waals surface area (Å²) in [7, 11) is 0. The molecule has 1 amide bonds. The highest BCUT2D eigenvalue weighted by atomic mass is 19.4. The first kappa shape index (κ1) is 20.1. The molecule has 0 bridgehead atoms. The minimum Gasteiger partial charge on any atom is -0.369 e. The molecule has 0 saturated carbocycles. The second-order valence-corrected chi connectivity index (χ2v) is 6.48. The summed E-state index contributed by atoms with van der Waals surface area (Å²) in [6, 6.07) is 7.90. The molecule has 1 N–H and O–H groups in total. The second-order valence-electron chi connectivity index (χ2n) is 6.48. The largest absolute Gasteiger partial charge is 0.416 e. The van der Waals surface area contributed by atoms with E-state index in [4.69, 9.17) is 0 Å². The molecule has 3 rings (SSSR count). The van der Waals surface area contributed by atoms with Gasteiger partial charge in [-0.2, -0.15) is 13.2 Å². The molecule has 1 heterocycles. The Hall–Kier alpha value is -2.68. The van der Waals surface area contributed by atoms with Crippen LogP contribution in [0.2, 0.25) is 0 Å². The van der Waals surface area contributed by atoms with E-state index in [1.54, 1.807) is 11.0 Å². The Labute approximate surface area is 158 Å². The lowest BCUT2D eigenvalue weighted by Crippen LogP contribution is -2.48. The lowest BCUT2D eigenvalue weighted by Gasteiger charge is -2.36. The van der Waals surface area contributed by atoms with Crippen LogP contribution >= 0.6 is 0 Å². The maximum Gasteiger partial charge on any atom is 0.416 e. The van der Waals surface area contributed by atoms with Crippen molar-refractivity contribution in [2.45, 2.75) is 6.18 Å². The van der Waals surface area contributed by atoms with Crippen LogP contribution in [-0.4, -0.2) is 43.5 Å².